The summed E-state index contributed by atoms with van der Waals surface area (Å²) in [7, 11) is 1.89. The van der Waals surface area contributed by atoms with Crippen LogP contribution < -0.4 is 4.90 Å². The highest BCUT2D eigenvalue weighted by molar-refractivity contribution is 5.86. The summed E-state index contributed by atoms with van der Waals surface area (Å²) in [5.41, 5.74) is 4.34. The van der Waals surface area contributed by atoms with Crippen molar-refractivity contribution in [2.75, 3.05) is 4.90 Å². The largest absolute Gasteiger partial charge is 0.346 e. The molecule has 0 aliphatic carbocycles. The van der Waals surface area contributed by atoms with Crippen molar-refractivity contribution in [1.82, 2.24) is 24.7 Å². The number of fused-ring (bicyclic) bond motifs is 1. The molecule has 0 atom stereocenters. The van der Waals surface area contributed by atoms with E-state index >= 15 is 0 Å². The first-order valence-electron chi connectivity index (χ1n) is 8.54. The second-order valence-electron chi connectivity index (χ2n) is 6.31. The van der Waals surface area contributed by atoms with Crippen LogP contribution in [0, 0.1) is 6.92 Å². The number of aromatic nitrogens is 5. The van der Waals surface area contributed by atoms with Crippen LogP contribution in [0.3, 0.4) is 0 Å². The summed E-state index contributed by atoms with van der Waals surface area (Å²) < 4.78 is 1.77. The lowest BCUT2D eigenvalue weighted by Gasteiger charge is -2.24. The predicted octanol–water partition coefficient (Wildman–Crippen LogP) is 3.27. The fraction of sp³-hybridized carbons (Fsp3) is 0.200. The minimum atomic E-state index is 0.663. The molecule has 3 aromatic heterocycles. The van der Waals surface area contributed by atoms with E-state index < -0.39 is 0 Å². The molecule has 4 rings (SSSR count). The van der Waals surface area contributed by atoms with Crippen LogP contribution >= 0.6 is 0 Å². The van der Waals surface area contributed by atoms with Crippen molar-refractivity contribution < 1.29 is 0 Å². The molecule has 0 fully saturated rings. The average Bonchev–Trinajstić information content (AvgIpc) is 3.05. The summed E-state index contributed by atoms with van der Waals surface area (Å²) in [6.07, 6.45) is 5.25. The summed E-state index contributed by atoms with van der Waals surface area (Å²) in [6.45, 7) is 3.54. The summed E-state index contributed by atoms with van der Waals surface area (Å²) in [6, 6.07) is 14.4. The first-order valence-corrected chi connectivity index (χ1v) is 8.54. The normalized spacial score (nSPS) is 11.0. The van der Waals surface area contributed by atoms with Crippen molar-refractivity contribution in [3.05, 3.63) is 78.0 Å². The van der Waals surface area contributed by atoms with Gasteiger partial charge < -0.3 is 4.90 Å². The maximum absolute atomic E-state index is 4.58. The van der Waals surface area contributed by atoms with Crippen molar-refractivity contribution >= 4 is 16.9 Å². The molecule has 0 spiro atoms. The van der Waals surface area contributed by atoms with Gasteiger partial charge in [0.2, 0.25) is 0 Å². The van der Waals surface area contributed by atoms with Gasteiger partial charge in [-0.15, -0.1) is 0 Å². The van der Waals surface area contributed by atoms with Gasteiger partial charge in [0.25, 0.3) is 0 Å². The third kappa shape index (κ3) is 3.13. The van der Waals surface area contributed by atoms with E-state index in [0.29, 0.717) is 6.54 Å². The van der Waals surface area contributed by atoms with Gasteiger partial charge in [-0.25, -0.2) is 9.97 Å². The molecule has 0 saturated carbocycles. The van der Waals surface area contributed by atoms with Crippen LogP contribution in [-0.2, 0) is 20.1 Å². The first kappa shape index (κ1) is 16.2. The molecule has 0 saturated heterocycles. The van der Waals surface area contributed by atoms with E-state index in [1.165, 1.54) is 11.1 Å². The van der Waals surface area contributed by atoms with E-state index in [2.05, 4.69) is 56.1 Å². The van der Waals surface area contributed by atoms with Crippen molar-refractivity contribution in [3.63, 3.8) is 0 Å². The third-order valence-corrected chi connectivity index (χ3v) is 4.51. The van der Waals surface area contributed by atoms with E-state index in [9.17, 15) is 0 Å². The van der Waals surface area contributed by atoms with Gasteiger partial charge in [0.05, 0.1) is 23.8 Å². The second kappa shape index (κ2) is 6.92. The number of benzene rings is 1. The van der Waals surface area contributed by atoms with Gasteiger partial charge in [-0.1, -0.05) is 30.3 Å². The van der Waals surface area contributed by atoms with Gasteiger partial charge in [-0.3, -0.25) is 9.67 Å². The zero-order valence-electron chi connectivity index (χ0n) is 14.9. The molecule has 0 bridgehead atoms. The number of anilines is 1. The topological polar surface area (TPSA) is 59.7 Å². The van der Waals surface area contributed by atoms with Gasteiger partial charge in [0.15, 0.2) is 5.65 Å². The Morgan fingerprint density at radius 3 is 2.62 bits per heavy atom. The number of pyridine rings is 1. The van der Waals surface area contributed by atoms with Crippen molar-refractivity contribution in [2.24, 2.45) is 7.05 Å². The molecule has 0 radical (unpaired) electrons. The van der Waals surface area contributed by atoms with Crippen molar-refractivity contribution in [1.29, 1.82) is 0 Å². The summed E-state index contributed by atoms with van der Waals surface area (Å²) in [4.78, 5) is 15.7. The lowest BCUT2D eigenvalue weighted by Crippen LogP contribution is -2.24. The van der Waals surface area contributed by atoms with E-state index in [1.54, 1.807) is 11.0 Å². The molecule has 6 heteroatoms. The number of nitrogens with zero attached hydrogens (tertiary/aromatic N) is 6. The molecule has 0 aliphatic rings. The molecule has 0 N–H and O–H groups in total. The SMILES string of the molecule is Cc1ccccc1CN(Cc1ccccn1)c1ncnc2c1cnn2C. The predicted molar refractivity (Wildman–Crippen MR) is 102 cm³/mol. The Kier molecular flexibility index (Phi) is 4.31. The lowest BCUT2D eigenvalue weighted by molar-refractivity contribution is 0.763. The second-order valence-corrected chi connectivity index (χ2v) is 6.31. The molecule has 26 heavy (non-hydrogen) atoms. The lowest BCUT2D eigenvalue weighted by atomic mass is 10.1. The maximum Gasteiger partial charge on any atom is 0.163 e. The molecular formula is C20H20N6. The van der Waals surface area contributed by atoms with E-state index in [1.807, 2.05) is 37.6 Å². The summed E-state index contributed by atoms with van der Waals surface area (Å²) in [5.74, 6) is 0.872. The Hall–Kier alpha value is -3.28. The van der Waals surface area contributed by atoms with Crippen LogP contribution in [0.1, 0.15) is 16.8 Å². The summed E-state index contributed by atoms with van der Waals surface area (Å²) in [5, 5.41) is 5.29. The Labute approximate surface area is 152 Å². The molecule has 0 aliphatic heterocycles. The molecule has 6 nitrogen and oxygen atoms in total. The molecule has 0 amide bonds. The number of hydrogen-bond donors (Lipinski definition) is 0. The first-order chi connectivity index (χ1) is 12.7. The molecule has 0 unspecified atom stereocenters. The van der Waals surface area contributed by atoms with Gasteiger partial charge in [0, 0.05) is 19.8 Å². The standard InChI is InChI=1S/C20H20N6/c1-15-7-3-4-8-16(15)12-26(13-17-9-5-6-10-21-17)20-18-11-24-25(2)19(18)22-14-23-20/h3-11,14H,12-13H2,1-2H3. The zero-order valence-corrected chi connectivity index (χ0v) is 14.9. The maximum atomic E-state index is 4.58. The van der Waals surface area contributed by atoms with Gasteiger partial charge in [-0.05, 0) is 30.2 Å². The van der Waals surface area contributed by atoms with Gasteiger partial charge >= 0.3 is 0 Å². The smallest absolute Gasteiger partial charge is 0.163 e. The van der Waals surface area contributed by atoms with Crippen LogP contribution in [0.2, 0.25) is 0 Å². The zero-order chi connectivity index (χ0) is 17.9. The Balaban J connectivity index is 1.78. The number of aryl methyl sites for hydroxylation is 2. The highest BCUT2D eigenvalue weighted by atomic mass is 15.3. The fourth-order valence-corrected chi connectivity index (χ4v) is 3.09. The molecule has 4 aromatic rings. The molecule has 130 valence electrons. The van der Waals surface area contributed by atoms with Crippen molar-refractivity contribution in [2.45, 2.75) is 20.0 Å². The van der Waals surface area contributed by atoms with E-state index in [0.717, 1.165) is 29.1 Å². The molecule has 3 heterocycles. The fourth-order valence-electron chi connectivity index (χ4n) is 3.09. The number of hydrogen-bond acceptors (Lipinski definition) is 5. The Bertz CT molecular complexity index is 1020. The minimum Gasteiger partial charge on any atom is -0.346 e. The third-order valence-electron chi connectivity index (χ3n) is 4.51. The monoisotopic (exact) mass is 344 g/mol. The van der Waals surface area contributed by atoms with Crippen LogP contribution in [0.4, 0.5) is 5.82 Å². The van der Waals surface area contributed by atoms with Crippen molar-refractivity contribution in [3.8, 4) is 0 Å². The molecule has 1 aromatic carbocycles. The van der Waals surface area contributed by atoms with E-state index in [4.69, 9.17) is 0 Å². The van der Waals surface area contributed by atoms with Crippen LogP contribution in [0.15, 0.2) is 61.2 Å². The van der Waals surface area contributed by atoms with Gasteiger partial charge in [0.1, 0.15) is 12.1 Å². The summed E-state index contributed by atoms with van der Waals surface area (Å²) >= 11 is 0. The number of rotatable bonds is 5. The van der Waals surface area contributed by atoms with Crippen LogP contribution in [0.5, 0.6) is 0 Å². The van der Waals surface area contributed by atoms with Gasteiger partial charge in [-0.2, -0.15) is 5.10 Å². The highest BCUT2D eigenvalue weighted by Crippen LogP contribution is 2.25. The van der Waals surface area contributed by atoms with Crippen LogP contribution in [-0.4, -0.2) is 24.7 Å². The quantitative estimate of drug-likeness (QED) is 0.556. The Morgan fingerprint density at radius 1 is 0.962 bits per heavy atom. The highest BCUT2D eigenvalue weighted by Gasteiger charge is 2.17. The van der Waals surface area contributed by atoms with Crippen LogP contribution in [0.25, 0.3) is 11.0 Å². The minimum absolute atomic E-state index is 0.663. The Morgan fingerprint density at radius 2 is 1.81 bits per heavy atom. The van der Waals surface area contributed by atoms with E-state index in [-0.39, 0.29) is 0 Å². The average molecular weight is 344 g/mol. The molecular weight excluding hydrogens is 324 g/mol.